The predicted molar refractivity (Wildman–Crippen MR) is 363 cm³/mol. The van der Waals surface area contributed by atoms with Crippen LogP contribution in [0.2, 0.25) is 0 Å². The van der Waals surface area contributed by atoms with Gasteiger partial charge in [0.2, 0.25) is 0 Å². The minimum Gasteiger partial charge on any atom is -0.456 e. The minimum absolute atomic E-state index is 0.371. The number of anilines is 3. The van der Waals surface area contributed by atoms with Crippen LogP contribution in [0.1, 0.15) is 86.2 Å². The van der Waals surface area contributed by atoms with Crippen molar-refractivity contribution < 1.29 is 8.83 Å². The van der Waals surface area contributed by atoms with Crippen LogP contribution in [-0.2, 0) is 16.2 Å². The molecule has 4 nitrogen and oxygen atoms in total. The number of pyridine rings is 1. The quantitative estimate of drug-likeness (QED) is 0.176. The Morgan fingerprint density at radius 1 is 0.337 bits per heavy atom. The summed E-state index contributed by atoms with van der Waals surface area (Å²) in [6.45, 7) is 11.6. The van der Waals surface area contributed by atoms with Gasteiger partial charge in [-0.1, -0.05) is 183 Å². The van der Waals surface area contributed by atoms with Crippen molar-refractivity contribution in [3.63, 3.8) is 0 Å². The largest absolute Gasteiger partial charge is 0.456 e. The molecule has 0 aliphatic heterocycles. The zero-order valence-electron chi connectivity index (χ0n) is 49.9. The van der Waals surface area contributed by atoms with Crippen LogP contribution in [-0.4, -0.2) is 4.98 Å². The minimum atomic E-state index is -0.674. The van der Waals surface area contributed by atoms with E-state index < -0.39 is 10.8 Å². The van der Waals surface area contributed by atoms with Crippen LogP contribution in [0.3, 0.4) is 0 Å². The Bertz CT molecular complexity index is 5600. The Labute approximate surface area is 515 Å². The average Bonchev–Trinajstić information content (AvgIpc) is 1.49. The van der Waals surface area contributed by atoms with Crippen LogP contribution >= 0.6 is 0 Å². The maximum atomic E-state index is 6.89. The number of nitrogens with zero attached hydrogens (tertiary/aromatic N) is 2. The van der Waals surface area contributed by atoms with Gasteiger partial charge in [-0.05, 0) is 222 Å². The molecule has 4 heteroatoms. The summed E-state index contributed by atoms with van der Waals surface area (Å²) in [7, 11) is 0. The monoisotopic (exact) mass is 1140 g/mol. The van der Waals surface area contributed by atoms with Crippen molar-refractivity contribution in [2.45, 2.75) is 50.9 Å². The molecule has 3 heterocycles. The predicted octanol–water partition coefficient (Wildman–Crippen LogP) is 21.9. The van der Waals surface area contributed by atoms with Crippen LogP contribution in [0.4, 0.5) is 17.1 Å². The highest BCUT2D eigenvalue weighted by molar-refractivity contribution is 6.20. The van der Waals surface area contributed by atoms with Crippen LogP contribution in [0.15, 0.2) is 258 Å². The SMILES string of the molecule is Cc1cc(C)c(N(c2ccc3c(c2)C(C)(C)c2cc(-c4ccncc4)c4oc5ccccc5c4c2-3)c2ccc3c(c2)C2(c4ccccc4-c4ccccc42)c2cc4c(cc2-3)C2(c3ccccc3-c3ccccc32)c2ccc3oc5ccccc5c3c2-4)c(C)c1. The molecule has 418 valence electrons. The number of para-hydroxylation sites is 2. The van der Waals surface area contributed by atoms with Gasteiger partial charge in [0.15, 0.2) is 0 Å². The van der Waals surface area contributed by atoms with Gasteiger partial charge in [0.1, 0.15) is 22.3 Å². The zero-order chi connectivity index (χ0) is 59.0. The molecule has 0 bridgehead atoms. The Kier molecular flexibility index (Phi) is 9.44. The number of aryl methyl sites for hydroxylation is 3. The van der Waals surface area contributed by atoms with Crippen molar-refractivity contribution in [2.24, 2.45) is 0 Å². The second kappa shape index (κ2) is 17.0. The fourth-order valence-electron chi connectivity index (χ4n) is 18.1. The third kappa shape index (κ3) is 5.98. The highest BCUT2D eigenvalue weighted by Gasteiger charge is 2.57. The Balaban J connectivity index is 0.865. The molecule has 12 aromatic carbocycles. The lowest BCUT2D eigenvalue weighted by Crippen LogP contribution is -2.27. The van der Waals surface area contributed by atoms with Crippen molar-refractivity contribution >= 4 is 60.9 Å². The van der Waals surface area contributed by atoms with Gasteiger partial charge >= 0.3 is 0 Å². The van der Waals surface area contributed by atoms with Crippen molar-refractivity contribution in [3.05, 3.63) is 321 Å². The molecule has 0 N–H and O–H groups in total. The molecule has 0 fully saturated rings. The first-order chi connectivity index (χ1) is 43.6. The summed E-state index contributed by atoms with van der Waals surface area (Å²) in [6.07, 6.45) is 3.76. The van der Waals surface area contributed by atoms with Crippen LogP contribution < -0.4 is 4.90 Å². The summed E-state index contributed by atoms with van der Waals surface area (Å²) in [6, 6.07) is 90.0. The third-order valence-corrected chi connectivity index (χ3v) is 21.4. The lowest BCUT2D eigenvalue weighted by molar-refractivity contribution is 0.657. The number of benzene rings is 12. The van der Waals surface area contributed by atoms with E-state index in [1.165, 1.54) is 139 Å². The molecule has 0 amide bonds. The van der Waals surface area contributed by atoms with Gasteiger partial charge in [0.05, 0.1) is 16.5 Å². The highest BCUT2D eigenvalue weighted by Crippen LogP contribution is 2.70. The average molecular weight is 1140 g/mol. The Morgan fingerprint density at radius 3 is 1.44 bits per heavy atom. The van der Waals surface area contributed by atoms with E-state index in [1.54, 1.807) is 0 Å². The van der Waals surface area contributed by atoms with Gasteiger partial charge in [0.25, 0.3) is 0 Å². The summed E-state index contributed by atoms with van der Waals surface area (Å²) < 4.78 is 13.7. The van der Waals surface area contributed by atoms with Crippen LogP contribution in [0.5, 0.6) is 0 Å². The van der Waals surface area contributed by atoms with E-state index in [4.69, 9.17) is 8.83 Å². The summed E-state index contributed by atoms with van der Waals surface area (Å²) in [4.78, 5) is 7.00. The van der Waals surface area contributed by atoms with Crippen LogP contribution in [0.25, 0.3) is 111 Å². The summed E-state index contributed by atoms with van der Waals surface area (Å²) >= 11 is 0. The first-order valence-electron chi connectivity index (χ1n) is 31.2. The van der Waals surface area contributed by atoms with Gasteiger partial charge < -0.3 is 13.7 Å². The lowest BCUT2D eigenvalue weighted by Gasteiger charge is -2.34. The Hall–Kier alpha value is -10.8. The van der Waals surface area contributed by atoms with E-state index >= 15 is 0 Å². The normalized spacial score (nSPS) is 14.8. The summed E-state index contributed by atoms with van der Waals surface area (Å²) in [5, 5.41) is 4.61. The smallest absolute Gasteiger partial charge is 0.143 e. The van der Waals surface area contributed by atoms with E-state index in [-0.39, 0.29) is 5.41 Å². The van der Waals surface area contributed by atoms with Gasteiger partial charge in [-0.2, -0.15) is 0 Å². The molecular weight excluding hydrogens is 1080 g/mol. The van der Waals surface area contributed by atoms with Gasteiger partial charge in [-0.25, -0.2) is 0 Å². The van der Waals surface area contributed by atoms with Crippen molar-refractivity contribution in [2.75, 3.05) is 4.90 Å². The number of fused-ring (bicyclic) bond motifs is 31. The van der Waals surface area contributed by atoms with Crippen molar-refractivity contribution in [1.29, 1.82) is 0 Å². The van der Waals surface area contributed by atoms with Crippen molar-refractivity contribution in [1.82, 2.24) is 4.98 Å². The number of hydrogen-bond donors (Lipinski definition) is 0. The van der Waals surface area contributed by atoms with Crippen molar-refractivity contribution in [3.8, 4) is 66.8 Å². The molecule has 3 aromatic heterocycles. The summed E-state index contributed by atoms with van der Waals surface area (Å²) in [5.41, 5.74) is 37.0. The lowest BCUT2D eigenvalue weighted by atomic mass is 9.68. The van der Waals surface area contributed by atoms with E-state index in [1.807, 2.05) is 12.4 Å². The molecule has 5 aliphatic rings. The fourth-order valence-corrected chi connectivity index (χ4v) is 18.1. The van der Waals surface area contributed by atoms with Gasteiger partial charge in [-0.15, -0.1) is 0 Å². The maximum Gasteiger partial charge on any atom is 0.143 e. The number of furan rings is 2. The second-order valence-corrected chi connectivity index (χ2v) is 26.1. The molecular formula is C85H56N2O2. The van der Waals surface area contributed by atoms with Gasteiger partial charge in [0, 0.05) is 56.3 Å². The maximum absolute atomic E-state index is 6.89. The molecule has 0 unspecified atom stereocenters. The number of hydrogen-bond acceptors (Lipinski definition) is 4. The molecule has 0 atom stereocenters. The zero-order valence-corrected chi connectivity index (χ0v) is 49.9. The molecule has 0 saturated carbocycles. The highest BCUT2D eigenvalue weighted by atomic mass is 16.3. The van der Waals surface area contributed by atoms with Gasteiger partial charge in [-0.3, -0.25) is 4.98 Å². The Morgan fingerprint density at radius 2 is 0.809 bits per heavy atom. The number of aromatic nitrogens is 1. The molecule has 89 heavy (non-hydrogen) atoms. The van der Waals surface area contributed by atoms with E-state index in [9.17, 15) is 0 Å². The van der Waals surface area contributed by atoms with E-state index in [0.29, 0.717) is 0 Å². The third-order valence-electron chi connectivity index (χ3n) is 21.4. The number of rotatable bonds is 4. The summed E-state index contributed by atoms with van der Waals surface area (Å²) in [5.74, 6) is 0. The second-order valence-electron chi connectivity index (χ2n) is 26.1. The van der Waals surface area contributed by atoms with E-state index in [0.717, 1.165) is 61.0 Å². The first kappa shape index (κ1) is 49.3. The topological polar surface area (TPSA) is 42.4 Å². The molecule has 2 spiro atoms. The molecule has 0 saturated heterocycles. The molecule has 20 rings (SSSR count). The van der Waals surface area contributed by atoms with E-state index in [2.05, 4.69) is 281 Å². The first-order valence-corrected chi connectivity index (χ1v) is 31.2. The fraction of sp³-hybridized carbons (Fsp3) is 0.0941. The molecule has 15 aromatic rings. The molecule has 0 radical (unpaired) electrons. The standard InChI is InChI=1S/C85H56N2O2/c1-47-40-48(2)81(49(3)41-47)87(51-31-33-58-69(42-51)83(4,5)73-44-61(50-36-38-86-39-37-50)82-80(77(58)73)60-23-11-17-29-75(60)89-82)52-30-32-57-62-45-72-63(46-71(62)85(70(57)43-52)66-26-14-8-20-55(66)56-21-9-15-27-67(56)85)78-68(34-35-76-79(78)59-22-10-16-28-74(59)88-76)84(72)64-24-12-6-18-53(64)54-19-7-13-25-65(54)84/h6-46H,1-5H3. The molecule has 5 aliphatic carbocycles. The van der Waals surface area contributed by atoms with Crippen LogP contribution in [0, 0.1) is 20.8 Å².